The summed E-state index contributed by atoms with van der Waals surface area (Å²) in [5, 5.41) is 37.9. The van der Waals surface area contributed by atoms with Crippen molar-refractivity contribution in [2.75, 3.05) is 6.61 Å². The Morgan fingerprint density at radius 2 is 1.95 bits per heavy atom. The molecule has 0 bridgehead atoms. The molecular formula is C11H16N2O8. The van der Waals surface area contributed by atoms with Crippen LogP contribution < -0.4 is 11.2 Å². The third-order valence-corrected chi connectivity index (χ3v) is 3.16. The lowest BCUT2D eigenvalue weighted by Crippen LogP contribution is -2.59. The maximum atomic E-state index is 11.5. The Labute approximate surface area is 117 Å². The zero-order valence-corrected chi connectivity index (χ0v) is 10.8. The van der Waals surface area contributed by atoms with Crippen LogP contribution in [0, 0.1) is 0 Å². The number of ether oxygens (including phenoxy) is 2. The van der Waals surface area contributed by atoms with Gasteiger partial charge in [0, 0.05) is 12.3 Å². The number of nitrogens with one attached hydrogen (secondary N) is 1. The average molecular weight is 304 g/mol. The molecule has 21 heavy (non-hydrogen) atoms. The van der Waals surface area contributed by atoms with Gasteiger partial charge in [-0.1, -0.05) is 0 Å². The van der Waals surface area contributed by atoms with Gasteiger partial charge in [-0.2, -0.15) is 0 Å². The van der Waals surface area contributed by atoms with Crippen LogP contribution in [0.2, 0.25) is 0 Å². The molecule has 1 aromatic heterocycles. The van der Waals surface area contributed by atoms with E-state index in [0.29, 0.717) is 4.57 Å². The Kier molecular flexibility index (Phi) is 4.88. The Morgan fingerprint density at radius 3 is 2.57 bits per heavy atom. The van der Waals surface area contributed by atoms with Gasteiger partial charge in [-0.3, -0.25) is 4.79 Å². The van der Waals surface area contributed by atoms with Gasteiger partial charge in [-0.25, -0.2) is 9.36 Å². The Bertz CT molecular complexity index is 554. The molecule has 1 aromatic rings. The summed E-state index contributed by atoms with van der Waals surface area (Å²) in [7, 11) is 0. The Hall–Kier alpha value is -1.56. The van der Waals surface area contributed by atoms with Crippen LogP contribution in [0.1, 0.15) is 0 Å². The topological polar surface area (TPSA) is 154 Å². The van der Waals surface area contributed by atoms with Gasteiger partial charge in [0.25, 0.3) is 5.56 Å². The molecule has 0 spiro atoms. The predicted molar refractivity (Wildman–Crippen MR) is 66.2 cm³/mol. The monoisotopic (exact) mass is 304 g/mol. The number of aliphatic hydroxyl groups is 4. The summed E-state index contributed by atoms with van der Waals surface area (Å²) in [6.45, 7) is -1.13. The third kappa shape index (κ3) is 3.20. The molecule has 0 aromatic carbocycles. The summed E-state index contributed by atoms with van der Waals surface area (Å²) in [6, 6.07) is 1.11. The molecule has 2 heterocycles. The summed E-state index contributed by atoms with van der Waals surface area (Å²) in [6.07, 6.45) is -6.05. The molecule has 5 N–H and O–H groups in total. The second kappa shape index (κ2) is 6.47. The maximum absolute atomic E-state index is 11.5. The summed E-state index contributed by atoms with van der Waals surface area (Å²) >= 11 is 0. The van der Waals surface area contributed by atoms with Gasteiger partial charge in [-0.15, -0.1) is 0 Å². The molecule has 10 heteroatoms. The number of hydrogen-bond acceptors (Lipinski definition) is 8. The van der Waals surface area contributed by atoms with Gasteiger partial charge < -0.3 is 34.9 Å². The Morgan fingerprint density at radius 1 is 1.24 bits per heavy atom. The number of aliphatic hydroxyl groups excluding tert-OH is 4. The van der Waals surface area contributed by atoms with Crippen LogP contribution >= 0.6 is 0 Å². The minimum atomic E-state index is -1.60. The number of H-pyrrole nitrogens is 1. The van der Waals surface area contributed by atoms with E-state index in [1.165, 1.54) is 6.20 Å². The highest BCUT2D eigenvalue weighted by Crippen LogP contribution is 2.21. The fraction of sp³-hybridized carbons (Fsp3) is 0.636. The number of aromatic amines is 1. The summed E-state index contributed by atoms with van der Waals surface area (Å²) in [5.74, 6) is 0. The molecule has 1 aliphatic heterocycles. The summed E-state index contributed by atoms with van der Waals surface area (Å²) < 4.78 is 10.9. The smallest absolute Gasteiger partial charge is 0.330 e. The first-order chi connectivity index (χ1) is 9.95. The molecule has 5 atom stereocenters. The third-order valence-electron chi connectivity index (χ3n) is 3.16. The van der Waals surface area contributed by atoms with Gasteiger partial charge in [0.2, 0.25) is 0 Å². The predicted octanol–water partition coefficient (Wildman–Crippen LogP) is -3.69. The van der Waals surface area contributed by atoms with Gasteiger partial charge >= 0.3 is 5.69 Å². The van der Waals surface area contributed by atoms with E-state index in [4.69, 9.17) is 14.6 Å². The zero-order valence-electron chi connectivity index (χ0n) is 10.8. The highest BCUT2D eigenvalue weighted by atomic mass is 16.7. The van der Waals surface area contributed by atoms with Gasteiger partial charge in [0.15, 0.2) is 6.29 Å². The number of aromatic nitrogens is 2. The minimum Gasteiger partial charge on any atom is -0.394 e. The Balaban J connectivity index is 2.09. The molecule has 1 saturated heterocycles. The van der Waals surface area contributed by atoms with Crippen LogP contribution in [0.5, 0.6) is 0 Å². The highest BCUT2D eigenvalue weighted by Gasteiger charge is 2.44. The fourth-order valence-corrected chi connectivity index (χ4v) is 1.93. The van der Waals surface area contributed by atoms with Gasteiger partial charge in [0.1, 0.15) is 31.1 Å². The van der Waals surface area contributed by atoms with E-state index < -0.39 is 55.3 Å². The first-order valence-electron chi connectivity index (χ1n) is 6.16. The second-order valence-corrected chi connectivity index (χ2v) is 4.54. The molecule has 0 amide bonds. The molecule has 0 aliphatic carbocycles. The molecule has 1 aliphatic rings. The maximum Gasteiger partial charge on any atom is 0.330 e. The first-order valence-corrected chi connectivity index (χ1v) is 6.16. The molecule has 1 unspecified atom stereocenters. The van der Waals surface area contributed by atoms with Gasteiger partial charge in [-0.05, 0) is 0 Å². The highest BCUT2D eigenvalue weighted by molar-refractivity contribution is 4.89. The van der Waals surface area contributed by atoms with E-state index in [-0.39, 0.29) is 0 Å². The van der Waals surface area contributed by atoms with Crippen molar-refractivity contribution in [3.63, 3.8) is 0 Å². The van der Waals surface area contributed by atoms with E-state index in [2.05, 4.69) is 4.98 Å². The lowest BCUT2D eigenvalue weighted by atomic mass is 9.99. The van der Waals surface area contributed by atoms with Crippen LogP contribution in [0.15, 0.2) is 21.9 Å². The van der Waals surface area contributed by atoms with Crippen LogP contribution in [-0.4, -0.2) is 67.3 Å². The lowest BCUT2D eigenvalue weighted by Gasteiger charge is -2.39. The van der Waals surface area contributed by atoms with Crippen LogP contribution in [0.25, 0.3) is 0 Å². The summed E-state index contributed by atoms with van der Waals surface area (Å²) in [4.78, 5) is 25.2. The zero-order chi connectivity index (χ0) is 15.6. The average Bonchev–Trinajstić information content (AvgIpc) is 2.46. The molecular weight excluding hydrogens is 288 g/mol. The van der Waals surface area contributed by atoms with E-state index in [1.54, 1.807) is 0 Å². The normalized spacial score (nSPS) is 33.0. The van der Waals surface area contributed by atoms with E-state index >= 15 is 0 Å². The van der Waals surface area contributed by atoms with Crippen molar-refractivity contribution in [3.05, 3.63) is 33.1 Å². The minimum absolute atomic E-state index is 0.530. The van der Waals surface area contributed by atoms with Crippen molar-refractivity contribution in [2.24, 2.45) is 0 Å². The quantitative estimate of drug-likeness (QED) is 0.381. The van der Waals surface area contributed by atoms with Crippen molar-refractivity contribution >= 4 is 0 Å². The van der Waals surface area contributed by atoms with Crippen molar-refractivity contribution < 1.29 is 29.9 Å². The van der Waals surface area contributed by atoms with Crippen molar-refractivity contribution in [1.82, 2.24) is 9.55 Å². The van der Waals surface area contributed by atoms with Crippen LogP contribution in [-0.2, 0) is 16.2 Å². The SMILES string of the molecule is O=c1cc[nH]c(=O)n1COC1O[C@H](CO)[C@@H](O)[C@H](O)[C@H]1O. The molecule has 2 rings (SSSR count). The molecule has 118 valence electrons. The van der Waals surface area contributed by atoms with Crippen molar-refractivity contribution in [3.8, 4) is 0 Å². The van der Waals surface area contributed by atoms with Gasteiger partial charge in [0.05, 0.1) is 6.61 Å². The van der Waals surface area contributed by atoms with Crippen molar-refractivity contribution in [2.45, 2.75) is 37.4 Å². The van der Waals surface area contributed by atoms with E-state index in [0.717, 1.165) is 6.07 Å². The van der Waals surface area contributed by atoms with E-state index in [9.17, 15) is 24.9 Å². The van der Waals surface area contributed by atoms with Crippen LogP contribution in [0.3, 0.4) is 0 Å². The fourth-order valence-electron chi connectivity index (χ4n) is 1.93. The van der Waals surface area contributed by atoms with Crippen LogP contribution in [0.4, 0.5) is 0 Å². The largest absolute Gasteiger partial charge is 0.394 e. The second-order valence-electron chi connectivity index (χ2n) is 4.54. The van der Waals surface area contributed by atoms with E-state index in [1.807, 2.05) is 0 Å². The standard InChI is InChI=1S/C11H16N2O8/c14-3-5-7(16)8(17)9(18)10(21-5)20-4-13-6(15)1-2-12-11(13)19/h1-2,5,7-10,14,16-18H,3-4H2,(H,12,19)/t5-,7-,8+,9-,10?/m1/s1. The lowest BCUT2D eigenvalue weighted by molar-refractivity contribution is -0.308. The number of nitrogens with zero attached hydrogens (tertiary/aromatic N) is 1. The number of rotatable bonds is 4. The molecule has 0 saturated carbocycles. The first kappa shape index (κ1) is 15.8. The molecule has 0 radical (unpaired) electrons. The number of hydrogen-bond donors (Lipinski definition) is 5. The van der Waals surface area contributed by atoms with Crippen molar-refractivity contribution in [1.29, 1.82) is 0 Å². The molecule has 10 nitrogen and oxygen atoms in total. The molecule has 1 fully saturated rings. The summed E-state index contributed by atoms with van der Waals surface area (Å²) in [5.41, 5.74) is -1.34.